The maximum absolute atomic E-state index is 10.2. The maximum Gasteiger partial charge on any atom is 0.106 e. The van der Waals surface area contributed by atoms with E-state index in [1.165, 1.54) is 0 Å². The molecule has 82 valence electrons. The molecule has 2 rings (SSSR count). The van der Waals surface area contributed by atoms with E-state index in [0.29, 0.717) is 0 Å². The quantitative estimate of drug-likeness (QED) is 0.680. The topological polar surface area (TPSA) is 33.1 Å². The molecule has 0 fully saturated rings. The molecule has 1 N–H and O–H groups in total. The summed E-state index contributed by atoms with van der Waals surface area (Å²) in [4.78, 5) is 4.35. The van der Waals surface area contributed by atoms with Crippen molar-refractivity contribution >= 4 is 22.6 Å². The van der Waals surface area contributed by atoms with Crippen LogP contribution in [-0.2, 0) is 0 Å². The summed E-state index contributed by atoms with van der Waals surface area (Å²) in [5, 5.41) is 10.2. The van der Waals surface area contributed by atoms with Crippen molar-refractivity contribution in [3.63, 3.8) is 0 Å². The average molecular weight is 325 g/mol. The van der Waals surface area contributed by atoms with E-state index in [2.05, 4.69) is 27.6 Å². The van der Waals surface area contributed by atoms with Crippen LogP contribution in [0.5, 0.6) is 0 Å². The molecule has 0 spiro atoms. The van der Waals surface area contributed by atoms with Gasteiger partial charge in [-0.25, -0.2) is 4.98 Å². The SMILES string of the molecule is Cc1nc(I)ccc1C(O)c1ccccc1. The molecule has 0 aliphatic carbocycles. The summed E-state index contributed by atoms with van der Waals surface area (Å²) in [6, 6.07) is 13.5. The standard InChI is InChI=1S/C13H12INO/c1-9-11(7-8-12(14)15-9)13(16)10-5-3-2-4-6-10/h2-8,13,16H,1H3. The molecule has 3 heteroatoms. The van der Waals surface area contributed by atoms with Gasteiger partial charge in [0.15, 0.2) is 0 Å². The van der Waals surface area contributed by atoms with Gasteiger partial charge >= 0.3 is 0 Å². The first-order chi connectivity index (χ1) is 7.68. The van der Waals surface area contributed by atoms with Crippen molar-refractivity contribution in [2.24, 2.45) is 0 Å². The van der Waals surface area contributed by atoms with Crippen molar-refractivity contribution in [1.82, 2.24) is 4.98 Å². The fraction of sp³-hybridized carbons (Fsp3) is 0.154. The first kappa shape index (κ1) is 11.5. The van der Waals surface area contributed by atoms with Gasteiger partial charge in [0, 0.05) is 11.3 Å². The fourth-order valence-corrected chi connectivity index (χ4v) is 2.19. The van der Waals surface area contributed by atoms with E-state index in [-0.39, 0.29) is 0 Å². The summed E-state index contributed by atoms with van der Waals surface area (Å²) >= 11 is 2.17. The molecule has 1 heterocycles. The van der Waals surface area contributed by atoms with Crippen LogP contribution in [0.1, 0.15) is 22.9 Å². The van der Waals surface area contributed by atoms with Gasteiger partial charge in [-0.05, 0) is 41.1 Å². The van der Waals surface area contributed by atoms with Crippen molar-refractivity contribution < 1.29 is 5.11 Å². The second-order valence-electron chi connectivity index (χ2n) is 3.62. The minimum Gasteiger partial charge on any atom is -0.384 e. The molecule has 2 nitrogen and oxygen atoms in total. The fourth-order valence-electron chi connectivity index (χ4n) is 1.65. The maximum atomic E-state index is 10.2. The van der Waals surface area contributed by atoms with Crippen molar-refractivity contribution in [1.29, 1.82) is 0 Å². The predicted octanol–water partition coefficient (Wildman–Crippen LogP) is 3.08. The van der Waals surface area contributed by atoms with Crippen LogP contribution in [0.25, 0.3) is 0 Å². The van der Waals surface area contributed by atoms with Gasteiger partial charge in [-0.3, -0.25) is 0 Å². The zero-order valence-electron chi connectivity index (χ0n) is 8.89. The van der Waals surface area contributed by atoms with Gasteiger partial charge in [-0.2, -0.15) is 0 Å². The lowest BCUT2D eigenvalue weighted by atomic mass is 10.0. The third kappa shape index (κ3) is 2.41. The van der Waals surface area contributed by atoms with E-state index in [4.69, 9.17) is 0 Å². The number of aromatic nitrogens is 1. The largest absolute Gasteiger partial charge is 0.384 e. The van der Waals surface area contributed by atoms with Crippen molar-refractivity contribution in [3.05, 3.63) is 63.0 Å². The van der Waals surface area contributed by atoms with Crippen LogP contribution in [0.2, 0.25) is 0 Å². The molecule has 1 aromatic carbocycles. The minimum atomic E-state index is -0.592. The van der Waals surface area contributed by atoms with Gasteiger partial charge in [0.05, 0.1) is 0 Å². The highest BCUT2D eigenvalue weighted by Gasteiger charge is 2.13. The molecule has 1 aromatic heterocycles. The van der Waals surface area contributed by atoms with Crippen molar-refractivity contribution in [2.75, 3.05) is 0 Å². The zero-order chi connectivity index (χ0) is 11.5. The summed E-state index contributed by atoms with van der Waals surface area (Å²) in [7, 11) is 0. The Balaban J connectivity index is 2.38. The monoisotopic (exact) mass is 325 g/mol. The van der Waals surface area contributed by atoms with E-state index in [9.17, 15) is 5.11 Å². The van der Waals surface area contributed by atoms with E-state index in [1.54, 1.807) is 0 Å². The van der Waals surface area contributed by atoms with Gasteiger partial charge in [0.1, 0.15) is 9.80 Å². The third-order valence-corrected chi connectivity index (χ3v) is 3.10. The Morgan fingerprint density at radius 3 is 2.44 bits per heavy atom. The number of nitrogens with zero attached hydrogens (tertiary/aromatic N) is 1. The van der Waals surface area contributed by atoms with Gasteiger partial charge in [-0.15, -0.1) is 0 Å². The summed E-state index contributed by atoms with van der Waals surface area (Å²) in [6.07, 6.45) is -0.592. The lowest BCUT2D eigenvalue weighted by Crippen LogP contribution is -2.03. The molecule has 1 unspecified atom stereocenters. The normalized spacial score (nSPS) is 12.4. The Morgan fingerprint density at radius 1 is 1.12 bits per heavy atom. The molecule has 0 aliphatic heterocycles. The first-order valence-electron chi connectivity index (χ1n) is 5.04. The predicted molar refractivity (Wildman–Crippen MR) is 72.2 cm³/mol. The molecule has 0 bridgehead atoms. The second kappa shape index (κ2) is 4.93. The van der Waals surface area contributed by atoms with Crippen molar-refractivity contribution in [2.45, 2.75) is 13.0 Å². The van der Waals surface area contributed by atoms with E-state index in [1.807, 2.05) is 49.4 Å². The van der Waals surface area contributed by atoms with Crippen molar-refractivity contribution in [3.8, 4) is 0 Å². The van der Waals surface area contributed by atoms with Gasteiger partial charge in [0.25, 0.3) is 0 Å². The van der Waals surface area contributed by atoms with Gasteiger partial charge in [-0.1, -0.05) is 36.4 Å². The number of halogens is 1. The number of hydrogen-bond donors (Lipinski definition) is 1. The number of rotatable bonds is 2. The second-order valence-corrected chi connectivity index (χ2v) is 4.73. The average Bonchev–Trinajstić information content (AvgIpc) is 2.29. The highest BCUT2D eigenvalue weighted by Crippen LogP contribution is 2.23. The summed E-state index contributed by atoms with van der Waals surface area (Å²) in [6.45, 7) is 1.92. The minimum absolute atomic E-state index is 0.592. The Kier molecular flexibility index (Phi) is 3.56. The Hall–Kier alpha value is -0.940. The van der Waals surface area contributed by atoms with Crippen LogP contribution < -0.4 is 0 Å². The molecule has 0 saturated heterocycles. The summed E-state index contributed by atoms with van der Waals surface area (Å²) in [5.41, 5.74) is 2.64. The van der Waals surface area contributed by atoms with Gasteiger partial charge in [0.2, 0.25) is 0 Å². The highest BCUT2D eigenvalue weighted by molar-refractivity contribution is 14.1. The summed E-state index contributed by atoms with van der Waals surface area (Å²) in [5.74, 6) is 0. The molecular weight excluding hydrogens is 313 g/mol. The van der Waals surface area contributed by atoms with Gasteiger partial charge < -0.3 is 5.11 Å². The summed E-state index contributed by atoms with van der Waals surface area (Å²) < 4.78 is 0.944. The smallest absolute Gasteiger partial charge is 0.106 e. The van der Waals surface area contributed by atoms with Crippen LogP contribution in [0.3, 0.4) is 0 Å². The highest BCUT2D eigenvalue weighted by atomic mass is 127. The molecule has 0 amide bonds. The van der Waals surface area contributed by atoms with Crippen LogP contribution in [-0.4, -0.2) is 10.1 Å². The van der Waals surface area contributed by atoms with Crippen LogP contribution in [0.4, 0.5) is 0 Å². The first-order valence-corrected chi connectivity index (χ1v) is 6.12. The molecule has 0 aliphatic rings. The van der Waals surface area contributed by atoms with E-state index >= 15 is 0 Å². The van der Waals surface area contributed by atoms with Crippen LogP contribution in [0.15, 0.2) is 42.5 Å². The number of pyridine rings is 1. The number of aliphatic hydroxyl groups excluding tert-OH is 1. The van der Waals surface area contributed by atoms with Crippen LogP contribution in [0, 0.1) is 10.6 Å². The molecular formula is C13H12INO. The molecule has 2 aromatic rings. The molecule has 0 radical (unpaired) electrons. The Bertz CT molecular complexity index is 485. The number of benzene rings is 1. The van der Waals surface area contributed by atoms with Crippen LogP contribution >= 0.6 is 22.6 Å². The lowest BCUT2D eigenvalue weighted by Gasteiger charge is -2.13. The Morgan fingerprint density at radius 2 is 1.81 bits per heavy atom. The number of hydrogen-bond acceptors (Lipinski definition) is 2. The number of aryl methyl sites for hydroxylation is 1. The number of aliphatic hydroxyl groups is 1. The lowest BCUT2D eigenvalue weighted by molar-refractivity contribution is 0.219. The molecule has 0 saturated carbocycles. The molecule has 16 heavy (non-hydrogen) atoms. The Labute approximate surface area is 108 Å². The zero-order valence-corrected chi connectivity index (χ0v) is 11.0. The third-order valence-electron chi connectivity index (χ3n) is 2.50. The van der Waals surface area contributed by atoms with E-state index < -0.39 is 6.10 Å². The molecule has 1 atom stereocenters. The van der Waals surface area contributed by atoms with E-state index in [0.717, 1.165) is 20.5 Å².